The van der Waals surface area contributed by atoms with Gasteiger partial charge in [-0.15, -0.1) is 11.6 Å². The van der Waals surface area contributed by atoms with Gasteiger partial charge in [0.05, 0.1) is 26.1 Å². The van der Waals surface area contributed by atoms with Gasteiger partial charge in [0.1, 0.15) is 47.8 Å². The Morgan fingerprint density at radius 2 is 1.15 bits per heavy atom. The molecule has 0 aromatic carbocycles. The number of carbonyl (C=O) groups excluding carboxylic acids is 12. The number of hydrogen-bond acceptors (Lipinski definition) is 12. The maximum absolute atomic E-state index is 15.1. The van der Waals surface area contributed by atoms with Crippen molar-refractivity contribution in [2.45, 2.75) is 235 Å². The summed E-state index contributed by atoms with van der Waals surface area (Å²) in [6, 6.07) is -8.36. The van der Waals surface area contributed by atoms with E-state index in [0.29, 0.717) is 62.0 Å². The Balaban J connectivity index is 1.84. The summed E-state index contributed by atoms with van der Waals surface area (Å²) in [5, 5.41) is 11.5. The molecule has 0 radical (unpaired) electrons. The van der Waals surface area contributed by atoms with Gasteiger partial charge in [0.2, 0.25) is 70.9 Å². The summed E-state index contributed by atoms with van der Waals surface area (Å²) in [5.41, 5.74) is -1.66. The van der Waals surface area contributed by atoms with Gasteiger partial charge in [-0.2, -0.15) is 0 Å². The lowest BCUT2D eigenvalue weighted by molar-refractivity contribution is -0.152. The number of piperidine rings is 1. The van der Waals surface area contributed by atoms with Crippen LogP contribution in [0, 0.1) is 29.6 Å². The third-order valence-electron chi connectivity index (χ3n) is 19.6. The number of halogens is 2. The first-order valence-corrected chi connectivity index (χ1v) is 35.3. The monoisotopic (exact) mass is 1430 g/mol. The van der Waals surface area contributed by atoms with Gasteiger partial charge < -0.3 is 60.5 Å². The van der Waals surface area contributed by atoms with Crippen LogP contribution in [0.1, 0.15) is 178 Å². The minimum atomic E-state index is -1.66. The largest absolute Gasteiger partial charge is 0.343 e. The normalized spacial score (nSPS) is 29.5. The van der Waals surface area contributed by atoms with Crippen molar-refractivity contribution in [1.29, 1.82) is 0 Å². The summed E-state index contributed by atoms with van der Waals surface area (Å²) >= 11 is 8.90. The summed E-state index contributed by atoms with van der Waals surface area (Å²) in [7, 11) is 10.0. The van der Waals surface area contributed by atoms with Gasteiger partial charge in [0, 0.05) is 71.7 Å². The maximum atomic E-state index is 15.1. The molecule has 2 aliphatic heterocycles. The standard InChI is InChI=1S/C66H112ClIN12O12/c1-17-42(7)57-64(91)75(12)38-55(83)73(10)39-56(84)77(14)51(35-43-25-27-45(67)28-26-43)62(89)74(11)37-53(81)69-48(34-44-23-22-24-46(68)33-44)58(85)70-47(18-2)61(88)79(16)66(8,9)65(92)71-49(31-40(3)4)60(87)78(15)52(63(90)80-29-20-19-21-30-80)36-54(82)76(13)50(32-41(5)6)59(86)72-57/h40-52,57H,17-39H2,1-16H3,(H,69,81)(H,70,85)(H,71,92)(H,72,86)/t42-,43?,44?,45?,46?,47-,48-,49-,50-,51-,52-,57-/m0/s1. The third-order valence-corrected chi connectivity index (χ3v) is 21.1. The molecule has 2 aliphatic carbocycles. The van der Waals surface area contributed by atoms with Gasteiger partial charge in [-0.3, -0.25) is 57.5 Å². The maximum Gasteiger partial charge on any atom is 0.246 e. The lowest BCUT2D eigenvalue weighted by atomic mass is 9.84. The van der Waals surface area contributed by atoms with E-state index in [9.17, 15) is 52.7 Å². The molecular weight excluding hydrogens is 1320 g/mol. The fourth-order valence-electron chi connectivity index (χ4n) is 12.8. The Kier molecular flexibility index (Phi) is 31.4. The van der Waals surface area contributed by atoms with E-state index in [2.05, 4.69) is 43.9 Å². The fraction of sp³-hybridized carbons (Fsp3) is 0.818. The van der Waals surface area contributed by atoms with Crippen LogP contribution in [0.25, 0.3) is 0 Å². The zero-order chi connectivity index (χ0) is 69.2. The van der Waals surface area contributed by atoms with Gasteiger partial charge in [-0.25, -0.2) is 0 Å². The first-order chi connectivity index (χ1) is 43.0. The Morgan fingerprint density at radius 1 is 0.565 bits per heavy atom. The second kappa shape index (κ2) is 36.5. The molecule has 4 fully saturated rings. The number of rotatable bonds is 12. The van der Waals surface area contributed by atoms with Crippen molar-refractivity contribution < 1.29 is 57.5 Å². The molecule has 2 saturated heterocycles. The molecule has 2 heterocycles. The molecule has 0 aromatic heterocycles. The van der Waals surface area contributed by atoms with Crippen molar-refractivity contribution in [2.24, 2.45) is 29.6 Å². The second-order valence-electron chi connectivity index (χ2n) is 28.2. The smallest absolute Gasteiger partial charge is 0.246 e. The molecule has 4 N–H and O–H groups in total. The number of hydrogen-bond donors (Lipinski definition) is 4. The summed E-state index contributed by atoms with van der Waals surface area (Å²) in [5.74, 6) is -8.20. The number of carbonyl (C=O) groups is 12. The first kappa shape index (κ1) is 79.1. The van der Waals surface area contributed by atoms with Crippen LogP contribution in [-0.2, 0) is 57.5 Å². The van der Waals surface area contributed by atoms with Crippen molar-refractivity contribution in [1.82, 2.24) is 60.5 Å². The van der Waals surface area contributed by atoms with E-state index in [1.807, 2.05) is 34.6 Å². The second-order valence-corrected chi connectivity index (χ2v) is 30.5. The Morgan fingerprint density at radius 3 is 1.73 bits per heavy atom. The predicted octanol–water partition coefficient (Wildman–Crippen LogP) is 4.55. The van der Waals surface area contributed by atoms with Crippen LogP contribution in [0.3, 0.4) is 0 Å². The van der Waals surface area contributed by atoms with Gasteiger partial charge in [0.25, 0.3) is 0 Å². The molecule has 0 aromatic rings. The topological polar surface area (TPSA) is 279 Å². The van der Waals surface area contributed by atoms with Crippen LogP contribution < -0.4 is 21.3 Å². The molecule has 10 atom stereocenters. The highest BCUT2D eigenvalue weighted by Crippen LogP contribution is 2.34. The van der Waals surface area contributed by atoms with Crippen molar-refractivity contribution >= 4 is 105 Å². The molecule has 92 heavy (non-hydrogen) atoms. The zero-order valence-corrected chi connectivity index (χ0v) is 61.0. The van der Waals surface area contributed by atoms with Gasteiger partial charge >= 0.3 is 0 Å². The molecular formula is C66H112ClIN12O12. The molecule has 4 rings (SSSR count). The molecule has 0 spiro atoms. The SMILES string of the molecule is CC[C@@H]1NC(=O)[C@H](CC2CCCC(I)C2)NC(=O)CN(C)C(=O)[C@H](CC2CCC(Cl)CC2)N(C)C(=O)CN(C)C(=O)CN(C)C(=O)[C@H]([C@@H](C)CC)NC(=O)[C@H](CC(C)C)N(C)C(=O)C[C@@H](C(=O)N2CCCCC2)N(C)C(=O)[C@H](CC(C)C)NC(=O)C(C)(C)N(C)C1=O. The number of likely N-dealkylation sites (N-methyl/N-ethyl adjacent to an activating group) is 7. The molecule has 522 valence electrons. The highest BCUT2D eigenvalue weighted by atomic mass is 127. The Hall–Kier alpha value is -5.34. The van der Waals surface area contributed by atoms with E-state index in [1.54, 1.807) is 18.7 Å². The minimum absolute atomic E-state index is 0.000609. The molecule has 12 amide bonds. The van der Waals surface area contributed by atoms with Crippen molar-refractivity contribution in [3.05, 3.63) is 0 Å². The van der Waals surface area contributed by atoms with E-state index in [0.717, 1.165) is 37.0 Å². The average molecular weight is 1430 g/mol. The first-order valence-electron chi connectivity index (χ1n) is 33.6. The van der Waals surface area contributed by atoms with Gasteiger partial charge in [-0.05, 0) is 133 Å². The quantitative estimate of drug-likeness (QED) is 0.155. The fourth-order valence-corrected chi connectivity index (χ4v) is 14.2. The van der Waals surface area contributed by atoms with Crippen LogP contribution in [0.4, 0.5) is 0 Å². The summed E-state index contributed by atoms with van der Waals surface area (Å²) in [6.07, 6.45) is 9.35. The van der Waals surface area contributed by atoms with Gasteiger partial charge in [-0.1, -0.05) is 90.3 Å². The van der Waals surface area contributed by atoms with Crippen LogP contribution in [-0.4, -0.2) is 249 Å². The summed E-state index contributed by atoms with van der Waals surface area (Å²) < 4.78 is 0.344. The zero-order valence-electron chi connectivity index (χ0n) is 58.1. The molecule has 2 saturated carbocycles. The molecule has 24 nitrogen and oxygen atoms in total. The number of alkyl halides is 2. The lowest BCUT2D eigenvalue weighted by Crippen LogP contribution is -2.63. The molecule has 0 bridgehead atoms. The van der Waals surface area contributed by atoms with Crippen molar-refractivity contribution in [3.63, 3.8) is 0 Å². The number of amides is 12. The van der Waals surface area contributed by atoms with Crippen LogP contribution in [0.5, 0.6) is 0 Å². The number of nitrogens with one attached hydrogen (secondary N) is 4. The van der Waals surface area contributed by atoms with Crippen LogP contribution in [0.2, 0.25) is 0 Å². The summed E-state index contributed by atoms with van der Waals surface area (Å²) in [6.45, 7) is 15.1. The highest BCUT2D eigenvalue weighted by Gasteiger charge is 2.44. The van der Waals surface area contributed by atoms with Crippen molar-refractivity contribution in [2.75, 3.05) is 82.1 Å². The van der Waals surface area contributed by atoms with Gasteiger partial charge in [0.15, 0.2) is 0 Å². The van der Waals surface area contributed by atoms with E-state index in [4.69, 9.17) is 11.6 Å². The lowest BCUT2D eigenvalue weighted by Gasteiger charge is -2.39. The predicted molar refractivity (Wildman–Crippen MR) is 361 cm³/mol. The average Bonchev–Trinajstić information content (AvgIpc) is 0.834. The van der Waals surface area contributed by atoms with E-state index in [1.165, 1.54) is 92.6 Å². The van der Waals surface area contributed by atoms with Crippen LogP contribution >= 0.6 is 34.2 Å². The molecule has 4 aliphatic rings. The van der Waals surface area contributed by atoms with E-state index < -0.39 is 151 Å². The van der Waals surface area contributed by atoms with Crippen LogP contribution in [0.15, 0.2) is 0 Å². The summed E-state index contributed by atoms with van der Waals surface area (Å²) in [4.78, 5) is 186. The Labute approximate surface area is 566 Å². The highest BCUT2D eigenvalue weighted by molar-refractivity contribution is 14.1. The van der Waals surface area contributed by atoms with E-state index in [-0.39, 0.29) is 61.2 Å². The number of likely N-dealkylation sites (tertiary alicyclic amines) is 1. The third kappa shape index (κ3) is 22.4. The van der Waals surface area contributed by atoms with E-state index >= 15 is 4.79 Å². The molecule has 26 heteroatoms. The number of nitrogens with zero attached hydrogens (tertiary/aromatic N) is 8. The minimum Gasteiger partial charge on any atom is -0.343 e. The molecule has 2 unspecified atom stereocenters. The van der Waals surface area contributed by atoms with Crippen molar-refractivity contribution in [3.8, 4) is 0 Å². The Bertz CT molecular complexity index is 2580.